The standard InChI is InChI=1S/C20H23N5O/c1-15(2)17-5-3-16(4-6-17)13-20(26)25-11-9-24(10-12-25)19-8-7-18(14-21)22-23-19/h3-8,15H,9-13H2,1-2H3. The average molecular weight is 349 g/mol. The molecule has 3 rings (SSSR count). The highest BCUT2D eigenvalue weighted by Gasteiger charge is 2.22. The van der Waals surface area contributed by atoms with Gasteiger partial charge < -0.3 is 9.80 Å². The van der Waals surface area contributed by atoms with E-state index in [0.29, 0.717) is 31.1 Å². The minimum atomic E-state index is 0.160. The summed E-state index contributed by atoms with van der Waals surface area (Å²) in [7, 11) is 0. The maximum Gasteiger partial charge on any atom is 0.227 e. The van der Waals surface area contributed by atoms with E-state index in [1.54, 1.807) is 12.1 Å². The van der Waals surface area contributed by atoms with Gasteiger partial charge in [0.05, 0.1) is 6.42 Å². The number of hydrogen-bond donors (Lipinski definition) is 0. The van der Waals surface area contributed by atoms with Crippen LogP contribution in [0, 0.1) is 11.3 Å². The molecule has 0 N–H and O–H groups in total. The topological polar surface area (TPSA) is 73.1 Å². The molecular weight excluding hydrogens is 326 g/mol. The lowest BCUT2D eigenvalue weighted by molar-refractivity contribution is -0.130. The Hall–Kier alpha value is -2.94. The van der Waals surface area contributed by atoms with Gasteiger partial charge in [-0.1, -0.05) is 38.1 Å². The van der Waals surface area contributed by atoms with Gasteiger partial charge >= 0.3 is 0 Å². The van der Waals surface area contributed by atoms with Gasteiger partial charge in [0.25, 0.3) is 0 Å². The van der Waals surface area contributed by atoms with Gasteiger partial charge in [-0.3, -0.25) is 4.79 Å². The highest BCUT2D eigenvalue weighted by atomic mass is 16.2. The number of benzene rings is 1. The van der Waals surface area contributed by atoms with Crippen LogP contribution in [0.4, 0.5) is 5.82 Å². The number of aromatic nitrogens is 2. The van der Waals surface area contributed by atoms with Gasteiger partial charge in [0.2, 0.25) is 5.91 Å². The smallest absolute Gasteiger partial charge is 0.227 e. The molecule has 1 saturated heterocycles. The number of piperazine rings is 1. The highest BCUT2D eigenvalue weighted by Crippen LogP contribution is 2.16. The summed E-state index contributed by atoms with van der Waals surface area (Å²) in [5.41, 5.74) is 2.66. The Kier molecular flexibility index (Phi) is 5.47. The third-order valence-electron chi connectivity index (χ3n) is 4.72. The summed E-state index contributed by atoms with van der Waals surface area (Å²) in [5, 5.41) is 16.7. The number of anilines is 1. The van der Waals surface area contributed by atoms with Crippen LogP contribution in [0.1, 0.15) is 36.6 Å². The second kappa shape index (κ2) is 7.96. The molecule has 2 aromatic rings. The van der Waals surface area contributed by atoms with E-state index >= 15 is 0 Å². The molecule has 134 valence electrons. The lowest BCUT2D eigenvalue weighted by Crippen LogP contribution is -2.49. The van der Waals surface area contributed by atoms with Crippen molar-refractivity contribution in [1.82, 2.24) is 15.1 Å². The van der Waals surface area contributed by atoms with Crippen LogP contribution in [0.2, 0.25) is 0 Å². The number of carbonyl (C=O) groups excluding carboxylic acids is 1. The van der Waals surface area contributed by atoms with Gasteiger partial charge in [0.1, 0.15) is 6.07 Å². The van der Waals surface area contributed by atoms with Crippen LogP contribution in [-0.2, 0) is 11.2 Å². The van der Waals surface area contributed by atoms with Crippen LogP contribution in [0.15, 0.2) is 36.4 Å². The zero-order valence-corrected chi connectivity index (χ0v) is 15.2. The Labute approximate surface area is 154 Å². The van der Waals surface area contributed by atoms with E-state index < -0.39 is 0 Å². The third-order valence-corrected chi connectivity index (χ3v) is 4.72. The molecule has 26 heavy (non-hydrogen) atoms. The van der Waals surface area contributed by atoms with Crippen molar-refractivity contribution in [3.8, 4) is 6.07 Å². The Morgan fingerprint density at radius 3 is 2.31 bits per heavy atom. The summed E-state index contributed by atoms with van der Waals surface area (Å²) in [6, 6.07) is 13.8. The van der Waals surface area contributed by atoms with Gasteiger partial charge in [0, 0.05) is 26.2 Å². The van der Waals surface area contributed by atoms with Crippen molar-refractivity contribution in [2.24, 2.45) is 0 Å². The minimum absolute atomic E-state index is 0.160. The monoisotopic (exact) mass is 349 g/mol. The first-order valence-corrected chi connectivity index (χ1v) is 8.92. The quantitative estimate of drug-likeness (QED) is 0.847. The Morgan fingerprint density at radius 1 is 1.08 bits per heavy atom. The minimum Gasteiger partial charge on any atom is -0.352 e. The van der Waals surface area contributed by atoms with Crippen molar-refractivity contribution in [3.63, 3.8) is 0 Å². The Balaban J connectivity index is 1.53. The molecule has 6 heteroatoms. The zero-order valence-electron chi connectivity index (χ0n) is 15.2. The number of amides is 1. The number of nitrogens with zero attached hydrogens (tertiary/aromatic N) is 5. The van der Waals surface area contributed by atoms with Crippen molar-refractivity contribution in [3.05, 3.63) is 53.2 Å². The Morgan fingerprint density at radius 2 is 1.77 bits per heavy atom. The molecule has 0 radical (unpaired) electrons. The van der Waals surface area contributed by atoms with Gasteiger partial charge in [-0.15, -0.1) is 10.2 Å². The Bertz CT molecular complexity index is 784. The normalized spacial score (nSPS) is 14.4. The molecule has 6 nitrogen and oxygen atoms in total. The summed E-state index contributed by atoms with van der Waals surface area (Å²) < 4.78 is 0. The number of rotatable bonds is 4. The maximum absolute atomic E-state index is 12.6. The van der Waals surface area contributed by atoms with Crippen molar-refractivity contribution in [2.75, 3.05) is 31.1 Å². The van der Waals surface area contributed by atoms with Gasteiger partial charge in [-0.05, 0) is 29.2 Å². The van der Waals surface area contributed by atoms with Crippen LogP contribution < -0.4 is 4.90 Å². The molecule has 1 aromatic heterocycles. The van der Waals surface area contributed by atoms with Gasteiger partial charge in [-0.25, -0.2) is 0 Å². The van der Waals surface area contributed by atoms with E-state index in [1.165, 1.54) is 5.56 Å². The molecule has 1 amide bonds. The summed E-state index contributed by atoms with van der Waals surface area (Å²) in [6.45, 7) is 7.11. The first-order valence-electron chi connectivity index (χ1n) is 8.92. The fraction of sp³-hybridized carbons (Fsp3) is 0.400. The fourth-order valence-electron chi connectivity index (χ4n) is 3.05. The van der Waals surface area contributed by atoms with Crippen LogP contribution in [0.5, 0.6) is 0 Å². The molecule has 0 unspecified atom stereocenters. The van der Waals surface area contributed by atoms with E-state index in [0.717, 1.165) is 24.5 Å². The third kappa shape index (κ3) is 4.17. The first kappa shape index (κ1) is 17.9. The van der Waals surface area contributed by atoms with Gasteiger partial charge in [-0.2, -0.15) is 5.26 Å². The summed E-state index contributed by atoms with van der Waals surface area (Å²) in [4.78, 5) is 16.6. The predicted octanol–water partition coefficient (Wildman–Crippen LogP) is 2.36. The predicted molar refractivity (Wildman–Crippen MR) is 99.8 cm³/mol. The molecule has 1 fully saturated rings. The molecule has 2 heterocycles. The molecule has 1 aliphatic rings. The average Bonchev–Trinajstić information content (AvgIpc) is 2.68. The second-order valence-corrected chi connectivity index (χ2v) is 6.83. The maximum atomic E-state index is 12.6. The number of hydrogen-bond acceptors (Lipinski definition) is 5. The molecule has 0 spiro atoms. The summed E-state index contributed by atoms with van der Waals surface area (Å²) in [6.07, 6.45) is 0.440. The van der Waals surface area contributed by atoms with Crippen molar-refractivity contribution in [1.29, 1.82) is 5.26 Å². The molecule has 0 aliphatic carbocycles. The van der Waals surface area contributed by atoms with Crippen LogP contribution in [0.3, 0.4) is 0 Å². The molecular formula is C20H23N5O. The largest absolute Gasteiger partial charge is 0.352 e. The number of carbonyl (C=O) groups is 1. The van der Waals surface area contributed by atoms with E-state index in [2.05, 4.69) is 53.2 Å². The fourth-order valence-corrected chi connectivity index (χ4v) is 3.05. The molecule has 0 bridgehead atoms. The van der Waals surface area contributed by atoms with Crippen LogP contribution in [0.25, 0.3) is 0 Å². The lowest BCUT2D eigenvalue weighted by Gasteiger charge is -2.35. The molecule has 1 aromatic carbocycles. The van der Waals surface area contributed by atoms with E-state index in [9.17, 15) is 4.79 Å². The first-order chi connectivity index (χ1) is 12.6. The molecule has 0 saturated carbocycles. The van der Waals surface area contributed by atoms with Crippen molar-refractivity contribution in [2.45, 2.75) is 26.2 Å². The summed E-state index contributed by atoms with van der Waals surface area (Å²) in [5.74, 6) is 1.41. The van der Waals surface area contributed by atoms with Crippen molar-refractivity contribution < 1.29 is 4.79 Å². The zero-order chi connectivity index (χ0) is 18.5. The SMILES string of the molecule is CC(C)c1ccc(CC(=O)N2CCN(c3ccc(C#N)nn3)CC2)cc1. The molecule has 1 aliphatic heterocycles. The van der Waals surface area contributed by atoms with Gasteiger partial charge in [0.15, 0.2) is 11.5 Å². The van der Waals surface area contributed by atoms with Crippen molar-refractivity contribution >= 4 is 11.7 Å². The highest BCUT2D eigenvalue weighted by molar-refractivity contribution is 5.79. The van der Waals surface area contributed by atoms with Crippen LogP contribution in [-0.4, -0.2) is 47.2 Å². The second-order valence-electron chi connectivity index (χ2n) is 6.83. The molecule has 0 atom stereocenters. The lowest BCUT2D eigenvalue weighted by atomic mass is 10.0. The number of nitriles is 1. The van der Waals surface area contributed by atoms with Crippen LogP contribution >= 0.6 is 0 Å². The van der Waals surface area contributed by atoms with E-state index in [1.807, 2.05) is 11.0 Å². The van der Waals surface area contributed by atoms with E-state index in [-0.39, 0.29) is 5.91 Å². The summed E-state index contributed by atoms with van der Waals surface area (Å²) >= 11 is 0. The van der Waals surface area contributed by atoms with E-state index in [4.69, 9.17) is 5.26 Å².